The van der Waals surface area contributed by atoms with Crippen LogP contribution < -0.4 is 30.9 Å². The summed E-state index contributed by atoms with van der Waals surface area (Å²) in [5, 5.41) is 12.6. The topological polar surface area (TPSA) is 138 Å². The van der Waals surface area contributed by atoms with Gasteiger partial charge in [0.05, 0.1) is 34.4 Å². The quantitative estimate of drug-likeness (QED) is 0.370. The number of piperidine rings is 1. The van der Waals surface area contributed by atoms with Gasteiger partial charge in [-0.3, -0.25) is 19.5 Å². The summed E-state index contributed by atoms with van der Waals surface area (Å²) >= 11 is 1.46. The maximum atomic E-state index is 13.6. The van der Waals surface area contributed by atoms with Crippen molar-refractivity contribution in [3.05, 3.63) is 65.1 Å². The summed E-state index contributed by atoms with van der Waals surface area (Å²) in [6.07, 6.45) is 7.78. The number of nitrogens with zero attached hydrogens (tertiary/aromatic N) is 3. The van der Waals surface area contributed by atoms with Crippen molar-refractivity contribution in [2.75, 3.05) is 11.4 Å². The minimum Gasteiger partial charge on any atom is -0.437 e. The lowest BCUT2D eigenvalue weighted by Gasteiger charge is -2.46. The molecule has 4 N–H and O–H groups in total. The van der Waals surface area contributed by atoms with Crippen molar-refractivity contribution in [1.82, 2.24) is 31.2 Å². The van der Waals surface area contributed by atoms with E-state index in [1.165, 1.54) is 17.8 Å². The summed E-state index contributed by atoms with van der Waals surface area (Å²) in [5.41, 5.74) is 3.12. The van der Waals surface area contributed by atoms with Crippen molar-refractivity contribution in [2.24, 2.45) is 5.92 Å². The highest BCUT2D eigenvalue weighted by atomic mass is 32.2. The van der Waals surface area contributed by atoms with Gasteiger partial charge in [-0.05, 0) is 69.8 Å². The third-order valence-corrected chi connectivity index (χ3v) is 9.47. The number of aryl methyl sites for hydroxylation is 2. The molecule has 5 heterocycles. The van der Waals surface area contributed by atoms with Crippen LogP contribution in [0.5, 0.6) is 11.6 Å². The number of nitrogens with one attached hydrogen (secondary N) is 4. The van der Waals surface area contributed by atoms with Crippen LogP contribution in [0.25, 0.3) is 0 Å². The van der Waals surface area contributed by atoms with Crippen LogP contribution >= 0.6 is 11.8 Å². The maximum absolute atomic E-state index is 13.6. The smallest absolute Gasteiger partial charge is 0.326 e. The Labute approximate surface area is 242 Å². The highest BCUT2D eigenvalue weighted by Crippen LogP contribution is 2.48. The van der Waals surface area contributed by atoms with Gasteiger partial charge in [0, 0.05) is 35.5 Å². The number of aromatic nitrogens is 2. The van der Waals surface area contributed by atoms with Crippen LogP contribution in [0.15, 0.2) is 53.8 Å². The van der Waals surface area contributed by atoms with E-state index in [0.717, 1.165) is 43.5 Å². The molecule has 0 aromatic carbocycles. The largest absolute Gasteiger partial charge is 0.437 e. The van der Waals surface area contributed by atoms with Crippen molar-refractivity contribution in [3.63, 3.8) is 0 Å². The number of hydrogen-bond donors (Lipinski definition) is 4. The molecule has 3 aliphatic heterocycles. The van der Waals surface area contributed by atoms with Crippen molar-refractivity contribution in [1.29, 1.82) is 0 Å². The fourth-order valence-electron chi connectivity index (χ4n) is 6.15. The Balaban J connectivity index is 1.22. The predicted octanol–water partition coefficient (Wildman–Crippen LogP) is 3.02. The van der Waals surface area contributed by atoms with E-state index >= 15 is 0 Å². The Morgan fingerprint density at radius 2 is 1.95 bits per heavy atom. The van der Waals surface area contributed by atoms with Crippen molar-refractivity contribution in [2.45, 2.75) is 63.0 Å². The fourth-order valence-corrected chi connectivity index (χ4v) is 7.55. The molecule has 6 rings (SSSR count). The van der Waals surface area contributed by atoms with E-state index in [2.05, 4.69) is 37.8 Å². The molecule has 2 aromatic heterocycles. The van der Waals surface area contributed by atoms with Crippen LogP contribution in [0, 0.1) is 19.8 Å². The van der Waals surface area contributed by atoms with Gasteiger partial charge in [0.25, 0.3) is 5.91 Å². The fraction of sp³-hybridized carbons (Fsp3) is 0.414. The SMILES string of the molecule is C=CC(=O)N[C@H]1CCC[C@H]1NC(=O)C1=C2NC(=O)N(c3cnc(Oc4ccc(C)nc4)cc3C)C3CCNC(S1)C23. The number of carbonyl (C=O) groups is 3. The predicted molar refractivity (Wildman–Crippen MR) is 155 cm³/mol. The summed E-state index contributed by atoms with van der Waals surface area (Å²) in [5.74, 6) is 0.456. The minimum atomic E-state index is -0.284. The van der Waals surface area contributed by atoms with Gasteiger partial charge < -0.3 is 26.0 Å². The van der Waals surface area contributed by atoms with Gasteiger partial charge in [0.2, 0.25) is 11.8 Å². The summed E-state index contributed by atoms with van der Waals surface area (Å²) in [7, 11) is 0. The lowest BCUT2D eigenvalue weighted by molar-refractivity contribution is -0.119. The molecule has 2 aromatic rings. The van der Waals surface area contributed by atoms with Gasteiger partial charge in [-0.25, -0.2) is 9.78 Å². The zero-order valence-electron chi connectivity index (χ0n) is 23.0. The van der Waals surface area contributed by atoms with E-state index in [1.54, 1.807) is 17.3 Å². The number of carbonyl (C=O) groups excluding carboxylic acids is 3. The third kappa shape index (κ3) is 5.29. The van der Waals surface area contributed by atoms with Gasteiger partial charge in [-0.2, -0.15) is 0 Å². The molecule has 0 bridgehead atoms. The molecule has 3 fully saturated rings. The Hall–Kier alpha value is -3.90. The average molecular weight is 576 g/mol. The van der Waals surface area contributed by atoms with E-state index < -0.39 is 0 Å². The molecule has 1 aliphatic carbocycles. The number of anilines is 1. The summed E-state index contributed by atoms with van der Waals surface area (Å²) in [4.78, 5) is 50.0. The molecule has 214 valence electrons. The Bertz CT molecular complexity index is 1430. The van der Waals surface area contributed by atoms with E-state index in [4.69, 9.17) is 4.74 Å². The second-order valence-corrected chi connectivity index (χ2v) is 11.9. The number of hydrogen-bond acceptors (Lipinski definition) is 8. The molecule has 5 atom stereocenters. The van der Waals surface area contributed by atoms with E-state index in [0.29, 0.717) is 27.9 Å². The molecule has 0 spiro atoms. The summed E-state index contributed by atoms with van der Waals surface area (Å²) in [6, 6.07) is 4.79. The van der Waals surface area contributed by atoms with Crippen LogP contribution in [-0.2, 0) is 9.59 Å². The number of thioether (sulfide) groups is 1. The summed E-state index contributed by atoms with van der Waals surface area (Å²) < 4.78 is 5.88. The Kier molecular flexibility index (Phi) is 7.43. The number of ether oxygens (including phenoxy) is 1. The molecule has 4 aliphatic rings. The van der Waals surface area contributed by atoms with E-state index in [1.807, 2.05) is 32.0 Å². The molecule has 2 saturated heterocycles. The number of rotatable bonds is 7. The second-order valence-electron chi connectivity index (χ2n) is 10.8. The first kappa shape index (κ1) is 27.3. The van der Waals surface area contributed by atoms with Gasteiger partial charge >= 0.3 is 6.03 Å². The first-order valence-electron chi connectivity index (χ1n) is 13.9. The van der Waals surface area contributed by atoms with Crippen LogP contribution in [0.4, 0.5) is 10.5 Å². The standard InChI is InChI=1S/C29H33N7O4S/c1-4-22(37)33-18-6-5-7-19(18)34-27(38)26-25-24-20(10-11-30-28(24)41-26)36(29(39)35-25)21-14-32-23(12-15(21)2)40-17-9-8-16(3)31-13-17/h4,8-9,12-14,18-20,24,28,30H,1,5-7,10-11H2,2-3H3,(H,33,37)(H,34,38)(H,35,39)/t18-,19+,20?,24?,28?/m0/s1. The molecule has 12 heteroatoms. The first-order chi connectivity index (χ1) is 19.8. The second kappa shape index (κ2) is 11.2. The van der Waals surface area contributed by atoms with Gasteiger partial charge in [0.1, 0.15) is 5.75 Å². The molecular weight excluding hydrogens is 542 g/mol. The van der Waals surface area contributed by atoms with E-state index in [9.17, 15) is 14.4 Å². The maximum Gasteiger partial charge on any atom is 0.326 e. The van der Waals surface area contributed by atoms with Gasteiger partial charge in [0.15, 0.2) is 0 Å². The Morgan fingerprint density at radius 1 is 1.15 bits per heavy atom. The van der Waals surface area contributed by atoms with Crippen LogP contribution in [-0.4, -0.2) is 57.9 Å². The number of pyridine rings is 2. The lowest BCUT2D eigenvalue weighted by Crippen LogP contribution is -2.62. The molecule has 3 unspecified atom stereocenters. The normalized spacial score (nSPS) is 26.7. The zero-order chi connectivity index (χ0) is 28.7. The number of amides is 4. The van der Waals surface area contributed by atoms with Gasteiger partial charge in [-0.15, -0.1) is 0 Å². The van der Waals surface area contributed by atoms with Crippen molar-refractivity contribution < 1.29 is 19.1 Å². The molecule has 11 nitrogen and oxygen atoms in total. The van der Waals surface area contributed by atoms with E-state index in [-0.39, 0.29) is 47.3 Å². The highest BCUT2D eigenvalue weighted by Gasteiger charge is 2.52. The van der Waals surface area contributed by atoms with Crippen LogP contribution in [0.1, 0.15) is 36.9 Å². The number of urea groups is 1. The zero-order valence-corrected chi connectivity index (χ0v) is 23.8. The molecular formula is C29H33N7O4S. The average Bonchev–Trinajstić information content (AvgIpc) is 3.55. The third-order valence-electron chi connectivity index (χ3n) is 8.12. The Morgan fingerprint density at radius 3 is 2.68 bits per heavy atom. The molecule has 4 amide bonds. The van der Waals surface area contributed by atoms with Crippen molar-refractivity contribution >= 4 is 35.3 Å². The monoisotopic (exact) mass is 575 g/mol. The first-order valence-corrected chi connectivity index (χ1v) is 14.8. The van der Waals surface area contributed by atoms with Crippen LogP contribution in [0.2, 0.25) is 0 Å². The minimum absolute atomic E-state index is 0.0441. The van der Waals surface area contributed by atoms with Crippen LogP contribution in [0.3, 0.4) is 0 Å². The molecule has 1 saturated carbocycles. The highest BCUT2D eigenvalue weighted by molar-refractivity contribution is 8.04. The summed E-state index contributed by atoms with van der Waals surface area (Å²) in [6.45, 7) is 8.08. The van der Waals surface area contributed by atoms with Gasteiger partial charge in [-0.1, -0.05) is 18.3 Å². The lowest BCUT2D eigenvalue weighted by atomic mass is 9.86. The molecule has 0 radical (unpaired) electrons. The van der Waals surface area contributed by atoms with Crippen molar-refractivity contribution in [3.8, 4) is 11.6 Å². The molecule has 41 heavy (non-hydrogen) atoms.